The van der Waals surface area contributed by atoms with E-state index in [-0.39, 0.29) is 22.7 Å². The summed E-state index contributed by atoms with van der Waals surface area (Å²) in [4.78, 5) is 22.4. The molecule has 1 heterocycles. The van der Waals surface area contributed by atoms with Crippen LogP contribution in [0.2, 0.25) is 5.02 Å². The monoisotopic (exact) mass is 531 g/mol. The third-order valence-electron chi connectivity index (χ3n) is 6.79. The summed E-state index contributed by atoms with van der Waals surface area (Å²) >= 11 is 5.93. The summed E-state index contributed by atoms with van der Waals surface area (Å²) < 4.78 is 26.4. The molecule has 2 aromatic carbocycles. The number of nitrogens with zero attached hydrogens (tertiary/aromatic N) is 3. The Morgan fingerprint density at radius 2 is 2.03 bits per heavy atom. The lowest BCUT2D eigenvalue weighted by Crippen LogP contribution is -2.47. The summed E-state index contributed by atoms with van der Waals surface area (Å²) in [7, 11) is 3.36. The Morgan fingerprint density at radius 1 is 1.27 bits per heavy atom. The van der Waals surface area contributed by atoms with Gasteiger partial charge in [0.2, 0.25) is 0 Å². The third kappa shape index (κ3) is 6.03. The van der Waals surface area contributed by atoms with Crippen LogP contribution in [0.25, 0.3) is 10.9 Å². The van der Waals surface area contributed by atoms with Gasteiger partial charge < -0.3 is 25.6 Å². The lowest BCUT2D eigenvalue weighted by molar-refractivity contribution is -0.145. The second-order valence-electron chi connectivity index (χ2n) is 9.18. The number of aliphatic carboxylic acids is 1. The molecule has 0 bridgehead atoms. The normalized spacial score (nSPS) is 18.5. The molecule has 1 fully saturated rings. The van der Waals surface area contributed by atoms with E-state index in [1.807, 2.05) is 4.90 Å². The zero-order chi connectivity index (χ0) is 26.5. The second kappa shape index (κ2) is 11.9. The molecule has 4 N–H and O–H groups in total. The van der Waals surface area contributed by atoms with Crippen molar-refractivity contribution in [2.75, 3.05) is 32.6 Å². The van der Waals surface area contributed by atoms with E-state index >= 15 is 0 Å². The van der Waals surface area contributed by atoms with Crippen molar-refractivity contribution in [3.8, 4) is 11.5 Å². The Morgan fingerprint density at radius 3 is 2.70 bits per heavy atom. The summed E-state index contributed by atoms with van der Waals surface area (Å²) in [5, 5.41) is 13.4. The van der Waals surface area contributed by atoms with Crippen LogP contribution in [0, 0.1) is 11.7 Å². The number of halogens is 2. The van der Waals surface area contributed by atoms with E-state index in [1.54, 1.807) is 38.4 Å². The molecular formula is C26H31ClFN5O4. The van der Waals surface area contributed by atoms with Crippen molar-refractivity contribution in [2.45, 2.75) is 37.8 Å². The van der Waals surface area contributed by atoms with Gasteiger partial charge in [-0.25, -0.2) is 14.4 Å². The predicted octanol–water partition coefficient (Wildman–Crippen LogP) is 4.46. The summed E-state index contributed by atoms with van der Waals surface area (Å²) in [6, 6.07) is 7.65. The SMILES string of the molecule is COc1cc2ncnc(Nc3cccc(Cl)c3F)c2cc1OC1CCC(C(C(=O)O)N(C)CCN)CC1. The van der Waals surface area contributed by atoms with Gasteiger partial charge in [-0.3, -0.25) is 9.69 Å². The van der Waals surface area contributed by atoms with Gasteiger partial charge in [-0.1, -0.05) is 17.7 Å². The van der Waals surface area contributed by atoms with E-state index in [1.165, 1.54) is 12.4 Å². The van der Waals surface area contributed by atoms with Gasteiger partial charge in [-0.15, -0.1) is 0 Å². The maximum Gasteiger partial charge on any atom is 0.321 e. The van der Waals surface area contributed by atoms with Crippen LogP contribution in [-0.2, 0) is 4.79 Å². The van der Waals surface area contributed by atoms with Crippen LogP contribution in [0.5, 0.6) is 11.5 Å². The maximum absolute atomic E-state index is 14.5. The fourth-order valence-electron chi connectivity index (χ4n) is 4.94. The largest absolute Gasteiger partial charge is 0.493 e. The van der Waals surface area contributed by atoms with Gasteiger partial charge in [0, 0.05) is 24.5 Å². The number of hydrogen-bond acceptors (Lipinski definition) is 8. The zero-order valence-corrected chi connectivity index (χ0v) is 21.5. The Hall–Kier alpha value is -3.21. The number of carboxylic acids is 1. The van der Waals surface area contributed by atoms with Gasteiger partial charge in [0.05, 0.1) is 29.4 Å². The highest BCUT2D eigenvalue weighted by atomic mass is 35.5. The number of benzene rings is 2. The zero-order valence-electron chi connectivity index (χ0n) is 20.8. The minimum atomic E-state index is -0.826. The predicted molar refractivity (Wildman–Crippen MR) is 140 cm³/mol. The average molecular weight is 532 g/mol. The van der Waals surface area contributed by atoms with Crippen molar-refractivity contribution in [3.63, 3.8) is 0 Å². The van der Waals surface area contributed by atoms with Crippen LogP contribution in [-0.4, -0.2) is 65.3 Å². The topological polar surface area (TPSA) is 123 Å². The third-order valence-corrected chi connectivity index (χ3v) is 7.09. The van der Waals surface area contributed by atoms with Crippen molar-refractivity contribution in [2.24, 2.45) is 11.7 Å². The first-order valence-electron chi connectivity index (χ1n) is 12.2. The molecule has 0 aliphatic heterocycles. The molecule has 1 atom stereocenters. The van der Waals surface area contributed by atoms with Gasteiger partial charge in [-0.05, 0) is 56.8 Å². The number of likely N-dealkylation sites (N-methyl/N-ethyl adjacent to an activating group) is 1. The highest BCUT2D eigenvalue weighted by Gasteiger charge is 2.35. The lowest BCUT2D eigenvalue weighted by atomic mass is 9.82. The van der Waals surface area contributed by atoms with E-state index in [0.717, 1.165) is 12.8 Å². The minimum Gasteiger partial charge on any atom is -0.493 e. The molecule has 1 saturated carbocycles. The molecule has 11 heteroatoms. The molecule has 3 aromatic rings. The van der Waals surface area contributed by atoms with Crippen LogP contribution in [0.3, 0.4) is 0 Å². The average Bonchev–Trinajstić information content (AvgIpc) is 2.88. The van der Waals surface area contributed by atoms with Crippen molar-refractivity contribution < 1.29 is 23.8 Å². The number of fused-ring (bicyclic) bond motifs is 1. The number of hydrogen-bond donors (Lipinski definition) is 3. The number of anilines is 2. The number of rotatable bonds is 10. The summed E-state index contributed by atoms with van der Waals surface area (Å²) in [5.41, 5.74) is 6.42. The van der Waals surface area contributed by atoms with Crippen LogP contribution in [0.1, 0.15) is 25.7 Å². The van der Waals surface area contributed by atoms with Crippen LogP contribution in [0.15, 0.2) is 36.7 Å². The van der Waals surface area contributed by atoms with E-state index < -0.39 is 17.8 Å². The van der Waals surface area contributed by atoms with Crippen molar-refractivity contribution >= 4 is 40.0 Å². The quantitative estimate of drug-likeness (QED) is 0.348. The molecule has 9 nitrogen and oxygen atoms in total. The maximum atomic E-state index is 14.5. The Kier molecular flexibility index (Phi) is 8.63. The minimum absolute atomic E-state index is 0.00372. The summed E-state index contributed by atoms with van der Waals surface area (Å²) in [6.45, 7) is 0.935. The number of carbonyl (C=O) groups is 1. The van der Waals surface area contributed by atoms with Crippen molar-refractivity contribution in [1.82, 2.24) is 14.9 Å². The van der Waals surface area contributed by atoms with Gasteiger partial charge >= 0.3 is 5.97 Å². The van der Waals surface area contributed by atoms with Gasteiger partial charge in [-0.2, -0.15) is 0 Å². The first-order valence-corrected chi connectivity index (χ1v) is 12.5. The highest BCUT2D eigenvalue weighted by Crippen LogP contribution is 2.38. The van der Waals surface area contributed by atoms with Gasteiger partial charge in [0.15, 0.2) is 17.3 Å². The van der Waals surface area contributed by atoms with Crippen LogP contribution < -0.4 is 20.5 Å². The Bertz CT molecular complexity index is 1260. The highest BCUT2D eigenvalue weighted by molar-refractivity contribution is 6.31. The molecule has 4 rings (SSSR count). The second-order valence-corrected chi connectivity index (χ2v) is 9.58. The molecule has 1 aliphatic carbocycles. The Balaban J connectivity index is 1.54. The van der Waals surface area contributed by atoms with Gasteiger partial charge in [0.25, 0.3) is 0 Å². The standard InChI is InChI=1S/C26H31ClFN5O4/c1-33(11-10-29)24(26(34)35)15-6-8-16(9-7-15)37-22-12-17-20(13-21(22)36-2)30-14-31-25(17)32-19-5-3-4-18(27)23(19)28/h3-5,12-16,24H,6-11,29H2,1-2H3,(H,34,35)(H,30,31,32). The molecular weight excluding hydrogens is 501 g/mol. The molecule has 0 radical (unpaired) electrons. The fraction of sp³-hybridized carbons (Fsp3) is 0.423. The first-order chi connectivity index (χ1) is 17.8. The number of nitrogens with one attached hydrogen (secondary N) is 1. The summed E-state index contributed by atoms with van der Waals surface area (Å²) in [5.74, 6) is 0.0400. The van der Waals surface area contributed by atoms with E-state index in [0.29, 0.717) is 54.2 Å². The van der Waals surface area contributed by atoms with Crippen molar-refractivity contribution in [3.05, 3.63) is 47.5 Å². The number of methoxy groups -OCH3 is 1. The van der Waals surface area contributed by atoms with E-state index in [9.17, 15) is 14.3 Å². The van der Waals surface area contributed by atoms with Gasteiger partial charge in [0.1, 0.15) is 18.2 Å². The fourth-order valence-corrected chi connectivity index (χ4v) is 5.11. The molecule has 0 spiro atoms. The first kappa shape index (κ1) is 26.8. The molecule has 37 heavy (non-hydrogen) atoms. The number of aromatic nitrogens is 2. The molecule has 1 aliphatic rings. The number of carboxylic acid groups (broad SMARTS) is 1. The van der Waals surface area contributed by atoms with Crippen molar-refractivity contribution in [1.29, 1.82) is 0 Å². The van der Waals surface area contributed by atoms with E-state index in [2.05, 4.69) is 15.3 Å². The lowest BCUT2D eigenvalue weighted by Gasteiger charge is -2.36. The number of nitrogens with two attached hydrogens (primary N) is 1. The summed E-state index contributed by atoms with van der Waals surface area (Å²) in [6.07, 6.45) is 4.12. The van der Waals surface area contributed by atoms with Crippen LogP contribution >= 0.6 is 11.6 Å². The number of ether oxygens (including phenoxy) is 2. The molecule has 0 amide bonds. The molecule has 0 saturated heterocycles. The van der Waals surface area contributed by atoms with E-state index in [4.69, 9.17) is 26.8 Å². The molecule has 1 aromatic heterocycles. The Labute approximate surface area is 219 Å². The van der Waals surface area contributed by atoms with Crippen LogP contribution in [0.4, 0.5) is 15.9 Å². The smallest absolute Gasteiger partial charge is 0.321 e. The molecule has 198 valence electrons. The molecule has 1 unspecified atom stereocenters.